The summed E-state index contributed by atoms with van der Waals surface area (Å²) >= 11 is 0. The van der Waals surface area contributed by atoms with E-state index in [9.17, 15) is 18.0 Å². The molecular formula is C8H15NO7S. The minimum Gasteiger partial charge on any atom is -0.480 e. The van der Waals surface area contributed by atoms with Crippen LogP contribution in [-0.4, -0.2) is 55.6 Å². The maximum Gasteiger partial charge on any atom is 0.322 e. The summed E-state index contributed by atoms with van der Waals surface area (Å²) < 4.78 is 28.9. The van der Waals surface area contributed by atoms with Crippen molar-refractivity contribution in [2.75, 3.05) is 19.0 Å². The molecule has 0 radical (unpaired) electrons. The van der Waals surface area contributed by atoms with Crippen molar-refractivity contribution < 1.29 is 33.0 Å². The van der Waals surface area contributed by atoms with Gasteiger partial charge in [0.05, 0.1) is 6.61 Å². The molecule has 3 N–H and O–H groups in total. The fourth-order valence-electron chi connectivity index (χ4n) is 0.978. The molecule has 0 aliphatic heterocycles. The van der Waals surface area contributed by atoms with Crippen LogP contribution in [0, 0.1) is 0 Å². The van der Waals surface area contributed by atoms with Gasteiger partial charge in [-0.05, 0) is 13.3 Å². The van der Waals surface area contributed by atoms with Crippen molar-refractivity contribution in [1.82, 2.24) is 4.72 Å². The molecule has 9 heteroatoms. The molecule has 0 aliphatic carbocycles. The van der Waals surface area contributed by atoms with E-state index in [-0.39, 0.29) is 13.0 Å². The van der Waals surface area contributed by atoms with Gasteiger partial charge in [-0.1, -0.05) is 0 Å². The second kappa shape index (κ2) is 7.20. The first-order valence-electron chi connectivity index (χ1n) is 4.81. The lowest BCUT2D eigenvalue weighted by Gasteiger charge is -2.12. The summed E-state index contributed by atoms with van der Waals surface area (Å²) in [5.74, 6) is -3.34. The smallest absolute Gasteiger partial charge is 0.322 e. The molecule has 0 aromatic heterocycles. The van der Waals surface area contributed by atoms with Crippen LogP contribution in [0.5, 0.6) is 0 Å². The molecule has 0 fully saturated rings. The molecular weight excluding hydrogens is 254 g/mol. The average molecular weight is 269 g/mol. The first kappa shape index (κ1) is 15.8. The van der Waals surface area contributed by atoms with Gasteiger partial charge in [-0.3, -0.25) is 9.59 Å². The molecule has 0 saturated carbocycles. The maximum absolute atomic E-state index is 11.3. The van der Waals surface area contributed by atoms with E-state index < -0.39 is 40.4 Å². The SMILES string of the molecule is CCOC(=O)CS(=O)(=O)N[C@H](CCO)C(=O)O. The topological polar surface area (TPSA) is 130 Å². The first-order chi connectivity index (χ1) is 7.82. The highest BCUT2D eigenvalue weighted by molar-refractivity contribution is 7.90. The quantitative estimate of drug-likeness (QED) is 0.448. The van der Waals surface area contributed by atoms with Crippen molar-refractivity contribution in [2.45, 2.75) is 19.4 Å². The lowest BCUT2D eigenvalue weighted by molar-refractivity contribution is -0.141. The van der Waals surface area contributed by atoms with Crippen LogP contribution in [-0.2, 0) is 24.3 Å². The summed E-state index contributed by atoms with van der Waals surface area (Å²) in [5.41, 5.74) is 0. The highest BCUT2D eigenvalue weighted by Crippen LogP contribution is 1.97. The van der Waals surface area contributed by atoms with Crippen LogP contribution in [0.15, 0.2) is 0 Å². The second-order valence-corrected chi connectivity index (χ2v) is 4.84. The van der Waals surface area contributed by atoms with E-state index >= 15 is 0 Å². The van der Waals surface area contributed by atoms with Crippen molar-refractivity contribution in [3.63, 3.8) is 0 Å². The Morgan fingerprint density at radius 2 is 2.00 bits per heavy atom. The number of hydrogen-bond donors (Lipinski definition) is 3. The number of sulfonamides is 1. The zero-order valence-electron chi connectivity index (χ0n) is 9.25. The molecule has 17 heavy (non-hydrogen) atoms. The minimum absolute atomic E-state index is 0.0351. The second-order valence-electron chi connectivity index (χ2n) is 3.09. The van der Waals surface area contributed by atoms with E-state index in [0.29, 0.717) is 0 Å². The molecule has 0 amide bonds. The molecule has 8 nitrogen and oxygen atoms in total. The standard InChI is InChI=1S/C8H15NO7S/c1-2-16-7(11)5-17(14,15)9-6(3-4-10)8(12)13/h6,9-10H,2-5H2,1H3,(H,12,13)/t6-/m1/s1. The van der Waals surface area contributed by atoms with Gasteiger partial charge in [0.15, 0.2) is 5.75 Å². The van der Waals surface area contributed by atoms with Gasteiger partial charge in [-0.25, -0.2) is 13.1 Å². The van der Waals surface area contributed by atoms with E-state index in [2.05, 4.69) is 4.74 Å². The fourth-order valence-corrected chi connectivity index (χ4v) is 2.11. The minimum atomic E-state index is -4.09. The zero-order chi connectivity index (χ0) is 13.5. The Morgan fingerprint density at radius 1 is 1.41 bits per heavy atom. The van der Waals surface area contributed by atoms with E-state index in [1.807, 2.05) is 0 Å². The first-order valence-corrected chi connectivity index (χ1v) is 6.47. The van der Waals surface area contributed by atoms with Gasteiger partial charge in [0, 0.05) is 6.61 Å². The zero-order valence-corrected chi connectivity index (χ0v) is 10.1. The summed E-state index contributed by atoms with van der Waals surface area (Å²) in [5, 5.41) is 17.2. The lowest BCUT2D eigenvalue weighted by Crippen LogP contribution is -2.43. The summed E-state index contributed by atoms with van der Waals surface area (Å²) in [6.45, 7) is 1.07. The van der Waals surface area contributed by atoms with Crippen LogP contribution < -0.4 is 4.72 Å². The van der Waals surface area contributed by atoms with Crippen LogP contribution in [0.25, 0.3) is 0 Å². The molecule has 0 rings (SSSR count). The van der Waals surface area contributed by atoms with E-state index in [1.165, 1.54) is 6.92 Å². The van der Waals surface area contributed by atoms with E-state index in [4.69, 9.17) is 10.2 Å². The van der Waals surface area contributed by atoms with Crippen molar-refractivity contribution in [3.8, 4) is 0 Å². The Morgan fingerprint density at radius 3 is 2.41 bits per heavy atom. The fraction of sp³-hybridized carbons (Fsp3) is 0.750. The van der Waals surface area contributed by atoms with Gasteiger partial charge in [-0.2, -0.15) is 0 Å². The van der Waals surface area contributed by atoms with Crippen LogP contribution in [0.2, 0.25) is 0 Å². The largest absolute Gasteiger partial charge is 0.480 e. The van der Waals surface area contributed by atoms with Crippen molar-refractivity contribution >= 4 is 22.0 Å². The van der Waals surface area contributed by atoms with E-state index in [1.54, 1.807) is 4.72 Å². The van der Waals surface area contributed by atoms with Crippen molar-refractivity contribution in [1.29, 1.82) is 0 Å². The number of nitrogens with one attached hydrogen (secondary N) is 1. The Hall–Kier alpha value is -1.19. The number of carboxylic acids is 1. The molecule has 0 heterocycles. The Balaban J connectivity index is 4.50. The predicted molar refractivity (Wildman–Crippen MR) is 56.7 cm³/mol. The molecule has 0 unspecified atom stereocenters. The number of carbonyl (C=O) groups is 2. The van der Waals surface area contributed by atoms with Crippen molar-refractivity contribution in [3.05, 3.63) is 0 Å². The van der Waals surface area contributed by atoms with Gasteiger partial charge in [0.2, 0.25) is 10.0 Å². The highest BCUT2D eigenvalue weighted by Gasteiger charge is 2.25. The van der Waals surface area contributed by atoms with Crippen LogP contribution in [0.3, 0.4) is 0 Å². The third-order valence-corrected chi connectivity index (χ3v) is 2.91. The maximum atomic E-state index is 11.3. The Bertz CT molecular complexity index is 364. The van der Waals surface area contributed by atoms with Crippen LogP contribution in [0.1, 0.15) is 13.3 Å². The number of rotatable bonds is 8. The number of esters is 1. The number of aliphatic hydroxyl groups is 1. The number of hydrogen-bond acceptors (Lipinski definition) is 6. The van der Waals surface area contributed by atoms with Gasteiger partial charge >= 0.3 is 11.9 Å². The normalized spacial score (nSPS) is 13.1. The molecule has 100 valence electrons. The molecule has 1 atom stereocenters. The molecule has 0 bridgehead atoms. The molecule has 0 saturated heterocycles. The Labute approximate surface area is 98.6 Å². The summed E-state index contributed by atoms with van der Waals surface area (Å²) in [6, 6.07) is -1.46. The van der Waals surface area contributed by atoms with Crippen LogP contribution in [0.4, 0.5) is 0 Å². The third kappa shape index (κ3) is 6.87. The van der Waals surface area contributed by atoms with Crippen molar-refractivity contribution in [2.24, 2.45) is 0 Å². The third-order valence-electron chi connectivity index (χ3n) is 1.65. The molecule has 0 aliphatic rings. The molecule has 0 aromatic carbocycles. The number of ether oxygens (including phenoxy) is 1. The molecule has 0 aromatic rings. The Kier molecular flexibility index (Phi) is 6.69. The summed E-state index contributed by atoms with van der Waals surface area (Å²) in [6.07, 6.45) is -0.280. The number of carboxylic acid groups (broad SMARTS) is 1. The van der Waals surface area contributed by atoms with E-state index in [0.717, 1.165) is 0 Å². The van der Waals surface area contributed by atoms with Gasteiger partial charge in [0.25, 0.3) is 0 Å². The predicted octanol–water partition coefficient (Wildman–Crippen LogP) is -1.70. The molecule has 0 spiro atoms. The van der Waals surface area contributed by atoms with Gasteiger partial charge in [0.1, 0.15) is 6.04 Å². The number of aliphatic carboxylic acids is 1. The number of carbonyl (C=O) groups excluding carboxylic acids is 1. The van der Waals surface area contributed by atoms with Crippen LogP contribution >= 0.6 is 0 Å². The average Bonchev–Trinajstić information content (AvgIpc) is 2.15. The monoisotopic (exact) mass is 269 g/mol. The highest BCUT2D eigenvalue weighted by atomic mass is 32.2. The lowest BCUT2D eigenvalue weighted by atomic mass is 10.2. The summed E-state index contributed by atoms with van der Waals surface area (Å²) in [4.78, 5) is 21.6. The van der Waals surface area contributed by atoms with Gasteiger partial charge < -0.3 is 14.9 Å². The number of aliphatic hydroxyl groups excluding tert-OH is 1. The van der Waals surface area contributed by atoms with Gasteiger partial charge in [-0.15, -0.1) is 0 Å². The summed E-state index contributed by atoms with van der Waals surface area (Å²) in [7, 11) is -4.09.